The van der Waals surface area contributed by atoms with Crippen LogP contribution in [-0.2, 0) is 4.57 Å². The summed E-state index contributed by atoms with van der Waals surface area (Å²) in [6.45, 7) is 0. The number of aromatic nitrogens is 2. The zero-order chi connectivity index (χ0) is 20.6. The van der Waals surface area contributed by atoms with E-state index in [0.29, 0.717) is 5.82 Å². The predicted molar refractivity (Wildman–Crippen MR) is 129 cm³/mol. The predicted octanol–water partition coefficient (Wildman–Crippen LogP) is 5.63. The molecule has 0 saturated carbocycles. The van der Waals surface area contributed by atoms with E-state index in [0.717, 1.165) is 37.0 Å². The fourth-order valence-electron chi connectivity index (χ4n) is 3.76. The summed E-state index contributed by atoms with van der Waals surface area (Å²) in [7, 11) is -3.10. The molecular formula is C25H18BrN2OP. The summed E-state index contributed by atoms with van der Waals surface area (Å²) >= 11 is 3.51. The lowest BCUT2D eigenvalue weighted by atomic mass is 10.2. The molecule has 1 aromatic heterocycles. The first-order valence-electron chi connectivity index (χ1n) is 9.63. The number of nitrogens with zero attached hydrogens (tertiary/aromatic N) is 1. The Bertz CT molecular complexity index is 1340. The molecule has 0 bridgehead atoms. The fourth-order valence-corrected chi connectivity index (χ4v) is 6.98. The van der Waals surface area contributed by atoms with Gasteiger partial charge in [0.1, 0.15) is 5.82 Å². The molecule has 0 atom stereocenters. The van der Waals surface area contributed by atoms with Crippen LogP contribution in [0.2, 0.25) is 0 Å². The first-order chi connectivity index (χ1) is 14.7. The Balaban J connectivity index is 1.79. The minimum absolute atomic E-state index is 0.714. The lowest BCUT2D eigenvalue weighted by molar-refractivity contribution is 0.592. The summed E-state index contributed by atoms with van der Waals surface area (Å²) < 4.78 is 15.8. The van der Waals surface area contributed by atoms with E-state index in [1.165, 1.54) is 0 Å². The fraction of sp³-hybridized carbons (Fsp3) is 0. The zero-order valence-electron chi connectivity index (χ0n) is 16.0. The van der Waals surface area contributed by atoms with Crippen LogP contribution >= 0.6 is 23.1 Å². The summed E-state index contributed by atoms with van der Waals surface area (Å²) in [6, 6.07) is 33.2. The van der Waals surface area contributed by atoms with Crippen LogP contribution in [-0.4, -0.2) is 9.97 Å². The van der Waals surface area contributed by atoms with Gasteiger partial charge in [-0.05, 0) is 18.2 Å². The molecule has 146 valence electrons. The molecule has 0 aliphatic rings. The third-order valence-corrected chi connectivity index (χ3v) is 8.79. The van der Waals surface area contributed by atoms with Gasteiger partial charge in [0, 0.05) is 25.9 Å². The summed E-state index contributed by atoms with van der Waals surface area (Å²) in [5.41, 5.74) is 2.65. The van der Waals surface area contributed by atoms with Crippen molar-refractivity contribution in [1.29, 1.82) is 0 Å². The number of hydrogen-bond acceptors (Lipinski definition) is 2. The van der Waals surface area contributed by atoms with Crippen LogP contribution in [0.4, 0.5) is 0 Å². The van der Waals surface area contributed by atoms with Crippen LogP contribution in [0.25, 0.3) is 22.4 Å². The van der Waals surface area contributed by atoms with Crippen molar-refractivity contribution < 1.29 is 4.57 Å². The molecule has 1 heterocycles. The van der Waals surface area contributed by atoms with Gasteiger partial charge >= 0.3 is 0 Å². The molecule has 0 aliphatic heterocycles. The highest BCUT2D eigenvalue weighted by molar-refractivity contribution is 9.10. The van der Waals surface area contributed by atoms with Crippen molar-refractivity contribution in [2.24, 2.45) is 0 Å². The number of nitrogens with one attached hydrogen (secondary N) is 1. The molecule has 5 rings (SSSR count). The summed E-state index contributed by atoms with van der Waals surface area (Å²) in [6.07, 6.45) is 0. The number of imidazole rings is 1. The van der Waals surface area contributed by atoms with Crippen molar-refractivity contribution in [3.05, 3.63) is 108 Å². The summed E-state index contributed by atoms with van der Waals surface area (Å²) in [5, 5.41) is 2.39. The van der Waals surface area contributed by atoms with Crippen molar-refractivity contribution in [2.45, 2.75) is 0 Å². The molecule has 1 N–H and O–H groups in total. The van der Waals surface area contributed by atoms with E-state index in [9.17, 15) is 4.57 Å². The summed E-state index contributed by atoms with van der Waals surface area (Å²) in [5.74, 6) is 0.714. The number of halogens is 1. The third-order valence-electron chi connectivity index (χ3n) is 5.18. The van der Waals surface area contributed by atoms with Gasteiger partial charge in [0.05, 0.1) is 11.0 Å². The van der Waals surface area contributed by atoms with Crippen LogP contribution in [0, 0.1) is 0 Å². The van der Waals surface area contributed by atoms with E-state index in [-0.39, 0.29) is 0 Å². The third kappa shape index (κ3) is 3.23. The Hall–Kier alpha value is -2.94. The topological polar surface area (TPSA) is 45.8 Å². The average Bonchev–Trinajstić information content (AvgIpc) is 3.23. The lowest BCUT2D eigenvalue weighted by Crippen LogP contribution is -2.26. The van der Waals surface area contributed by atoms with E-state index in [2.05, 4.69) is 20.9 Å². The van der Waals surface area contributed by atoms with Crippen molar-refractivity contribution in [1.82, 2.24) is 9.97 Å². The molecule has 30 heavy (non-hydrogen) atoms. The number of aromatic amines is 1. The van der Waals surface area contributed by atoms with Crippen molar-refractivity contribution >= 4 is 50.0 Å². The van der Waals surface area contributed by atoms with Crippen LogP contribution in [0.15, 0.2) is 108 Å². The quantitative estimate of drug-likeness (QED) is 0.344. The number of fused-ring (bicyclic) bond motifs is 1. The van der Waals surface area contributed by atoms with Gasteiger partial charge in [0.2, 0.25) is 0 Å². The van der Waals surface area contributed by atoms with Gasteiger partial charge in [0.25, 0.3) is 0 Å². The van der Waals surface area contributed by atoms with Gasteiger partial charge in [-0.15, -0.1) is 0 Å². The molecule has 4 aromatic carbocycles. The molecule has 0 fully saturated rings. The smallest absolute Gasteiger partial charge is 0.171 e. The number of benzene rings is 4. The minimum atomic E-state index is -3.10. The van der Waals surface area contributed by atoms with E-state index in [4.69, 9.17) is 4.98 Å². The second-order valence-electron chi connectivity index (χ2n) is 7.04. The Labute approximate surface area is 183 Å². The van der Waals surface area contributed by atoms with Gasteiger partial charge in [0.15, 0.2) is 7.14 Å². The Morgan fingerprint density at radius 3 is 2.00 bits per heavy atom. The van der Waals surface area contributed by atoms with E-state index >= 15 is 0 Å². The van der Waals surface area contributed by atoms with Crippen LogP contribution in [0.1, 0.15) is 0 Å². The summed E-state index contributed by atoms with van der Waals surface area (Å²) in [4.78, 5) is 8.19. The second-order valence-corrected chi connectivity index (χ2v) is 10.7. The molecule has 5 aromatic rings. The molecule has 0 unspecified atom stereocenters. The van der Waals surface area contributed by atoms with E-state index in [1.807, 2.05) is 103 Å². The lowest BCUT2D eigenvalue weighted by Gasteiger charge is -2.22. The number of H-pyrrole nitrogens is 1. The molecule has 0 saturated heterocycles. The Morgan fingerprint density at radius 2 is 1.33 bits per heavy atom. The van der Waals surface area contributed by atoms with Crippen molar-refractivity contribution in [3.63, 3.8) is 0 Å². The Kier molecular flexibility index (Phi) is 4.90. The van der Waals surface area contributed by atoms with Gasteiger partial charge in [-0.2, -0.15) is 0 Å². The highest BCUT2D eigenvalue weighted by atomic mass is 79.9. The Morgan fingerprint density at radius 1 is 0.733 bits per heavy atom. The molecule has 3 nitrogen and oxygen atoms in total. The first-order valence-corrected chi connectivity index (χ1v) is 12.1. The van der Waals surface area contributed by atoms with Crippen LogP contribution in [0.3, 0.4) is 0 Å². The average molecular weight is 473 g/mol. The molecule has 0 aliphatic carbocycles. The van der Waals surface area contributed by atoms with Gasteiger partial charge in [-0.1, -0.05) is 101 Å². The molecule has 5 heteroatoms. The van der Waals surface area contributed by atoms with Gasteiger partial charge in [-0.25, -0.2) is 4.98 Å². The standard InChI is InChI=1S/C25H18BrN2OP/c26-18-15-16-22-23(17-18)28-25(27-22)21-13-7-8-14-24(21)30(29,19-9-3-1-4-10-19)20-11-5-2-6-12-20/h1-17H,(H,27,28). The van der Waals surface area contributed by atoms with Crippen LogP contribution in [0.5, 0.6) is 0 Å². The normalized spacial score (nSPS) is 11.6. The largest absolute Gasteiger partial charge is 0.338 e. The minimum Gasteiger partial charge on any atom is -0.338 e. The SMILES string of the molecule is O=P(c1ccccc1)(c1ccccc1)c1ccccc1-c1nc2ccc(Br)cc2[nH]1. The molecule has 0 radical (unpaired) electrons. The van der Waals surface area contributed by atoms with Crippen molar-refractivity contribution in [2.75, 3.05) is 0 Å². The monoisotopic (exact) mass is 472 g/mol. The molecule has 0 amide bonds. The highest BCUT2D eigenvalue weighted by Gasteiger charge is 2.32. The van der Waals surface area contributed by atoms with E-state index < -0.39 is 7.14 Å². The number of hydrogen-bond donors (Lipinski definition) is 1. The second kappa shape index (κ2) is 7.71. The first kappa shape index (κ1) is 19.0. The maximum Gasteiger partial charge on any atom is 0.171 e. The maximum absolute atomic E-state index is 14.8. The van der Waals surface area contributed by atoms with E-state index in [1.54, 1.807) is 0 Å². The van der Waals surface area contributed by atoms with Gasteiger partial charge < -0.3 is 9.55 Å². The maximum atomic E-state index is 14.8. The van der Waals surface area contributed by atoms with Gasteiger partial charge in [-0.3, -0.25) is 0 Å². The molecular weight excluding hydrogens is 455 g/mol. The molecule has 0 spiro atoms. The highest BCUT2D eigenvalue weighted by Crippen LogP contribution is 2.44. The van der Waals surface area contributed by atoms with Crippen LogP contribution < -0.4 is 15.9 Å². The van der Waals surface area contributed by atoms with Crippen molar-refractivity contribution in [3.8, 4) is 11.4 Å². The zero-order valence-corrected chi connectivity index (χ0v) is 18.5. The number of rotatable bonds is 4.